The van der Waals surface area contributed by atoms with E-state index in [0.29, 0.717) is 22.4 Å². The van der Waals surface area contributed by atoms with Gasteiger partial charge in [0.15, 0.2) is 5.69 Å². The third-order valence-electron chi connectivity index (χ3n) is 6.08. The molecule has 0 spiro atoms. The van der Waals surface area contributed by atoms with E-state index in [1.54, 1.807) is 36.4 Å². The van der Waals surface area contributed by atoms with Crippen molar-refractivity contribution in [3.63, 3.8) is 0 Å². The molecule has 2 amide bonds. The third kappa shape index (κ3) is 5.93. The number of amidine groups is 1. The van der Waals surface area contributed by atoms with Crippen LogP contribution in [-0.4, -0.2) is 47.8 Å². The summed E-state index contributed by atoms with van der Waals surface area (Å²) in [6.45, 7) is 1.03. The Morgan fingerprint density at radius 2 is 1.63 bits per heavy atom. The second kappa shape index (κ2) is 11.5. The van der Waals surface area contributed by atoms with Crippen LogP contribution in [0.2, 0.25) is 0 Å². The summed E-state index contributed by atoms with van der Waals surface area (Å²) < 4.78 is 0. The Bertz CT molecular complexity index is 1430. The van der Waals surface area contributed by atoms with Gasteiger partial charge in [-0.1, -0.05) is 48.5 Å². The van der Waals surface area contributed by atoms with E-state index in [2.05, 4.69) is 10.3 Å². The number of fused-ring (bicyclic) bond motifs is 3. The number of hydrogen-bond acceptors (Lipinski definition) is 6. The molecule has 1 atom stereocenters. The van der Waals surface area contributed by atoms with Gasteiger partial charge in [0.2, 0.25) is 11.7 Å². The number of nitrogens with two attached hydrogens (primary N) is 1. The van der Waals surface area contributed by atoms with Crippen LogP contribution in [0.5, 0.6) is 0 Å². The first-order chi connectivity index (χ1) is 18.2. The first kappa shape index (κ1) is 26.2. The number of benzene rings is 3. The molecule has 0 radical (unpaired) electrons. The summed E-state index contributed by atoms with van der Waals surface area (Å²) in [4.78, 5) is 52.9. The van der Waals surface area contributed by atoms with Gasteiger partial charge in [0.25, 0.3) is 5.91 Å². The van der Waals surface area contributed by atoms with E-state index < -0.39 is 17.9 Å². The number of rotatable bonds is 6. The zero-order chi connectivity index (χ0) is 27.2. The SMILES string of the molecule is CC(=O)[O-].O=C(O)CC1c2ccccc2C(=O)N(CC(=O)NCC2=Nc3ccccc3[NH2+]2)c2ccccc21. The number of anilines is 1. The Balaban J connectivity index is 0.000000786. The highest BCUT2D eigenvalue weighted by atomic mass is 16.4. The van der Waals surface area contributed by atoms with Crippen LogP contribution in [-0.2, 0) is 14.4 Å². The minimum absolute atomic E-state index is 0.155. The van der Waals surface area contributed by atoms with Crippen molar-refractivity contribution in [1.29, 1.82) is 0 Å². The lowest BCUT2D eigenvalue weighted by Gasteiger charge is -2.23. The molecule has 2 aliphatic rings. The van der Waals surface area contributed by atoms with Crippen molar-refractivity contribution in [1.82, 2.24) is 5.32 Å². The lowest BCUT2D eigenvalue weighted by Crippen LogP contribution is -2.82. The first-order valence-electron chi connectivity index (χ1n) is 11.9. The molecule has 38 heavy (non-hydrogen) atoms. The van der Waals surface area contributed by atoms with Crippen molar-refractivity contribution < 1.29 is 34.7 Å². The lowest BCUT2D eigenvalue weighted by molar-refractivity contribution is -0.440. The molecule has 3 aromatic carbocycles. The molecule has 1 unspecified atom stereocenters. The number of aliphatic carboxylic acids is 2. The normalized spacial score (nSPS) is 15.1. The molecular formula is C28H26N4O6. The maximum absolute atomic E-state index is 13.5. The lowest BCUT2D eigenvalue weighted by atomic mass is 9.86. The van der Waals surface area contributed by atoms with Gasteiger partial charge in [-0.15, -0.1) is 0 Å². The molecule has 0 aromatic heterocycles. The minimum atomic E-state index is -1.08. The molecule has 0 saturated heterocycles. The van der Waals surface area contributed by atoms with Gasteiger partial charge in [-0.05, 0) is 36.2 Å². The fraction of sp³-hybridized carbons (Fsp3) is 0.179. The van der Waals surface area contributed by atoms with Crippen LogP contribution in [0.25, 0.3) is 0 Å². The Kier molecular flexibility index (Phi) is 7.93. The molecule has 2 heterocycles. The fourth-order valence-corrected chi connectivity index (χ4v) is 4.55. The number of hydrogen-bond donors (Lipinski definition) is 3. The van der Waals surface area contributed by atoms with Gasteiger partial charge in [0.1, 0.15) is 18.8 Å². The Hall–Kier alpha value is -4.83. The summed E-state index contributed by atoms with van der Waals surface area (Å²) in [6, 6.07) is 21.9. The average Bonchev–Trinajstić information content (AvgIpc) is 3.28. The van der Waals surface area contributed by atoms with E-state index in [1.165, 1.54) is 4.90 Å². The van der Waals surface area contributed by atoms with Crippen LogP contribution in [0.3, 0.4) is 0 Å². The number of quaternary nitrogens is 1. The molecule has 0 fully saturated rings. The maximum Gasteiger partial charge on any atom is 0.304 e. The number of carbonyl (C=O) groups is 4. The van der Waals surface area contributed by atoms with Crippen LogP contribution < -0.4 is 20.6 Å². The van der Waals surface area contributed by atoms with Crippen molar-refractivity contribution in [3.8, 4) is 0 Å². The van der Waals surface area contributed by atoms with Crippen LogP contribution in [0.4, 0.5) is 17.1 Å². The highest BCUT2D eigenvalue weighted by molar-refractivity contribution is 6.11. The highest BCUT2D eigenvalue weighted by Crippen LogP contribution is 2.40. The van der Waals surface area contributed by atoms with E-state index >= 15 is 0 Å². The number of carboxylic acids is 2. The number of nitrogens with one attached hydrogen (secondary N) is 1. The number of nitrogens with zero attached hydrogens (tertiary/aromatic N) is 2. The molecular weight excluding hydrogens is 488 g/mol. The molecule has 5 rings (SSSR count). The first-order valence-corrected chi connectivity index (χ1v) is 11.9. The van der Waals surface area contributed by atoms with E-state index in [9.17, 15) is 19.5 Å². The van der Waals surface area contributed by atoms with Crippen molar-refractivity contribution in [2.45, 2.75) is 19.3 Å². The van der Waals surface area contributed by atoms with E-state index in [-0.39, 0.29) is 31.3 Å². The van der Waals surface area contributed by atoms with Gasteiger partial charge in [-0.25, -0.2) is 0 Å². The monoisotopic (exact) mass is 514 g/mol. The number of carbonyl (C=O) groups excluding carboxylic acids is 3. The van der Waals surface area contributed by atoms with Gasteiger partial charge in [-0.2, -0.15) is 4.99 Å². The highest BCUT2D eigenvalue weighted by Gasteiger charge is 2.34. The predicted octanol–water partition coefficient (Wildman–Crippen LogP) is 1.06. The van der Waals surface area contributed by atoms with Crippen LogP contribution >= 0.6 is 0 Å². The standard InChI is InChI=1S/C26H22N4O4.C2H4O2/c31-24(27-14-23-28-20-10-4-5-11-21(20)29-23)15-30-22-12-6-3-8-17(22)19(13-25(32)33)16-7-1-2-9-18(16)26(30)34;1-2(3)4/h1-12,19H,13-15H2,(H,27,31)(H,28,29)(H,32,33);1H3,(H,3,4). The van der Waals surface area contributed by atoms with Crippen LogP contribution in [0.1, 0.15) is 40.7 Å². The van der Waals surface area contributed by atoms with Crippen molar-refractivity contribution >= 4 is 46.7 Å². The van der Waals surface area contributed by atoms with E-state index in [1.807, 2.05) is 41.7 Å². The quantitative estimate of drug-likeness (QED) is 0.418. The van der Waals surface area contributed by atoms with Crippen LogP contribution in [0, 0.1) is 0 Å². The molecule has 4 N–H and O–H groups in total. The van der Waals surface area contributed by atoms with Gasteiger partial charge in [0.05, 0.1) is 6.42 Å². The predicted molar refractivity (Wildman–Crippen MR) is 137 cm³/mol. The molecule has 3 aromatic rings. The van der Waals surface area contributed by atoms with Gasteiger partial charge in [0, 0.05) is 29.2 Å². The summed E-state index contributed by atoms with van der Waals surface area (Å²) >= 11 is 0. The van der Waals surface area contributed by atoms with Gasteiger partial charge >= 0.3 is 5.97 Å². The second-order valence-corrected chi connectivity index (χ2v) is 8.76. The zero-order valence-corrected chi connectivity index (χ0v) is 20.6. The van der Waals surface area contributed by atoms with Gasteiger partial charge < -0.3 is 20.3 Å². The Morgan fingerprint density at radius 1 is 1.00 bits per heavy atom. The molecule has 0 aliphatic carbocycles. The van der Waals surface area contributed by atoms with Crippen molar-refractivity contribution in [2.24, 2.45) is 4.99 Å². The number of amides is 2. The Morgan fingerprint density at radius 3 is 2.34 bits per heavy atom. The molecule has 2 aliphatic heterocycles. The number of para-hydroxylation sites is 3. The minimum Gasteiger partial charge on any atom is -0.550 e. The summed E-state index contributed by atoms with van der Waals surface area (Å²) in [5, 5.41) is 23.2. The molecule has 10 nitrogen and oxygen atoms in total. The Labute approximate surface area is 218 Å². The van der Waals surface area contributed by atoms with Crippen LogP contribution in [0.15, 0.2) is 77.8 Å². The zero-order valence-electron chi connectivity index (χ0n) is 20.6. The van der Waals surface area contributed by atoms with Gasteiger partial charge in [-0.3, -0.25) is 24.6 Å². The molecule has 194 valence electrons. The molecule has 10 heteroatoms. The second-order valence-electron chi connectivity index (χ2n) is 8.76. The average molecular weight is 515 g/mol. The van der Waals surface area contributed by atoms with E-state index in [0.717, 1.165) is 24.1 Å². The van der Waals surface area contributed by atoms with E-state index in [4.69, 9.17) is 9.90 Å². The fourth-order valence-electron chi connectivity index (χ4n) is 4.55. The summed E-state index contributed by atoms with van der Waals surface area (Å²) in [7, 11) is 0. The number of carboxylic acid groups (broad SMARTS) is 2. The summed E-state index contributed by atoms with van der Waals surface area (Å²) in [5.41, 5.74) is 4.18. The molecule has 0 saturated carbocycles. The number of aliphatic imine (C=N–C) groups is 1. The smallest absolute Gasteiger partial charge is 0.304 e. The largest absolute Gasteiger partial charge is 0.550 e. The topological polar surface area (TPSA) is 156 Å². The molecule has 0 bridgehead atoms. The summed E-state index contributed by atoms with van der Waals surface area (Å²) in [5.74, 6) is -2.46. The third-order valence-corrected chi connectivity index (χ3v) is 6.08. The summed E-state index contributed by atoms with van der Waals surface area (Å²) in [6.07, 6.45) is -0.155. The van der Waals surface area contributed by atoms with Crippen molar-refractivity contribution in [3.05, 3.63) is 89.5 Å². The van der Waals surface area contributed by atoms with Crippen molar-refractivity contribution in [2.75, 3.05) is 18.0 Å². The maximum atomic E-state index is 13.5.